The van der Waals surface area contributed by atoms with E-state index in [1.807, 2.05) is 30.3 Å². The molecule has 0 fully saturated rings. The highest BCUT2D eigenvalue weighted by atomic mass is 32.2. The molecule has 2 aromatic rings. The van der Waals surface area contributed by atoms with Crippen LogP contribution in [0.25, 0.3) is 11.3 Å². The normalized spacial score (nSPS) is 10.5. The fraction of sp³-hybridized carbons (Fsp3) is 0.353. The Morgan fingerprint density at radius 3 is 2.78 bits per heavy atom. The number of ether oxygens (including phenoxy) is 1. The lowest BCUT2D eigenvalue weighted by molar-refractivity contribution is -0.143. The summed E-state index contributed by atoms with van der Waals surface area (Å²) in [6, 6.07) is 11.1. The van der Waals surface area contributed by atoms with Crippen molar-refractivity contribution in [3.8, 4) is 11.3 Å². The van der Waals surface area contributed by atoms with Crippen LogP contribution in [-0.2, 0) is 9.53 Å². The van der Waals surface area contributed by atoms with Crippen LogP contribution in [0, 0.1) is 0 Å². The Balaban J connectivity index is 1.87. The van der Waals surface area contributed by atoms with Gasteiger partial charge >= 0.3 is 5.97 Å². The Kier molecular flexibility index (Phi) is 6.87. The maximum absolute atomic E-state index is 11.8. The standard InChI is InChI=1S/C17H20N2O3S/c1-2-22-16(21)10-6-7-11-23-17-18-14(12-15(20)19-17)13-8-4-3-5-9-13/h3-5,8-9,12H,2,6-7,10-11H2,1H3,(H,18,19,20). The third-order valence-electron chi connectivity index (χ3n) is 3.11. The van der Waals surface area contributed by atoms with Crippen molar-refractivity contribution in [2.75, 3.05) is 12.4 Å². The molecule has 0 unspecified atom stereocenters. The molecule has 0 bridgehead atoms. The van der Waals surface area contributed by atoms with Gasteiger partial charge in [0, 0.05) is 23.8 Å². The van der Waals surface area contributed by atoms with Crippen LogP contribution in [0.3, 0.4) is 0 Å². The van der Waals surface area contributed by atoms with Gasteiger partial charge in [0.1, 0.15) is 0 Å². The fourth-order valence-electron chi connectivity index (χ4n) is 2.03. The number of hydrogen-bond acceptors (Lipinski definition) is 5. The minimum absolute atomic E-state index is 0.157. The maximum atomic E-state index is 11.8. The second-order valence-corrected chi connectivity index (χ2v) is 6.00. The van der Waals surface area contributed by atoms with Gasteiger partial charge in [0.15, 0.2) is 5.16 Å². The van der Waals surface area contributed by atoms with Crippen LogP contribution in [0.5, 0.6) is 0 Å². The van der Waals surface area contributed by atoms with Gasteiger partial charge in [-0.1, -0.05) is 42.1 Å². The predicted octanol–water partition coefficient (Wildman–Crippen LogP) is 3.26. The Morgan fingerprint density at radius 1 is 1.26 bits per heavy atom. The molecule has 2 rings (SSSR count). The van der Waals surface area contributed by atoms with Crippen molar-refractivity contribution in [1.29, 1.82) is 0 Å². The highest BCUT2D eigenvalue weighted by molar-refractivity contribution is 7.99. The molecule has 0 atom stereocenters. The molecule has 0 amide bonds. The zero-order valence-electron chi connectivity index (χ0n) is 13.1. The lowest BCUT2D eigenvalue weighted by Crippen LogP contribution is -2.08. The van der Waals surface area contributed by atoms with Gasteiger partial charge < -0.3 is 9.72 Å². The van der Waals surface area contributed by atoms with Crippen molar-refractivity contribution in [3.05, 3.63) is 46.8 Å². The summed E-state index contributed by atoms with van der Waals surface area (Å²) in [6.45, 7) is 2.22. The Morgan fingerprint density at radius 2 is 2.04 bits per heavy atom. The van der Waals surface area contributed by atoms with Gasteiger partial charge in [-0.25, -0.2) is 4.98 Å². The number of aromatic nitrogens is 2. The van der Waals surface area contributed by atoms with E-state index < -0.39 is 0 Å². The van der Waals surface area contributed by atoms with Crippen molar-refractivity contribution < 1.29 is 9.53 Å². The number of thioether (sulfide) groups is 1. The van der Waals surface area contributed by atoms with E-state index in [2.05, 4.69) is 9.97 Å². The lowest BCUT2D eigenvalue weighted by atomic mass is 10.1. The van der Waals surface area contributed by atoms with Gasteiger partial charge in [-0.2, -0.15) is 0 Å². The molecule has 1 heterocycles. The second kappa shape index (κ2) is 9.15. The highest BCUT2D eigenvalue weighted by Gasteiger charge is 2.05. The number of rotatable bonds is 8. The number of nitrogens with zero attached hydrogens (tertiary/aromatic N) is 1. The molecule has 0 radical (unpaired) electrons. The molecule has 0 aliphatic rings. The van der Waals surface area contributed by atoms with Gasteiger partial charge in [0.25, 0.3) is 5.56 Å². The second-order valence-electron chi connectivity index (χ2n) is 4.91. The van der Waals surface area contributed by atoms with E-state index in [-0.39, 0.29) is 11.5 Å². The average molecular weight is 332 g/mol. The summed E-state index contributed by atoms with van der Waals surface area (Å²) in [5.41, 5.74) is 1.43. The molecule has 5 nitrogen and oxygen atoms in total. The van der Waals surface area contributed by atoms with Crippen molar-refractivity contribution in [2.24, 2.45) is 0 Å². The number of carbonyl (C=O) groups is 1. The van der Waals surface area contributed by atoms with E-state index in [1.54, 1.807) is 6.92 Å². The topological polar surface area (TPSA) is 72.0 Å². The molecule has 122 valence electrons. The van der Waals surface area contributed by atoms with Crippen molar-refractivity contribution in [1.82, 2.24) is 9.97 Å². The molecule has 0 saturated heterocycles. The van der Waals surface area contributed by atoms with Gasteiger partial charge in [-0.15, -0.1) is 0 Å². The van der Waals surface area contributed by atoms with Gasteiger partial charge in [0.2, 0.25) is 0 Å². The number of esters is 1. The van der Waals surface area contributed by atoms with Crippen molar-refractivity contribution in [3.63, 3.8) is 0 Å². The fourth-order valence-corrected chi connectivity index (χ4v) is 2.91. The lowest BCUT2D eigenvalue weighted by Gasteiger charge is -2.04. The van der Waals surface area contributed by atoms with E-state index in [0.717, 1.165) is 24.2 Å². The monoisotopic (exact) mass is 332 g/mol. The van der Waals surface area contributed by atoms with Crippen LogP contribution < -0.4 is 5.56 Å². The Hall–Kier alpha value is -2.08. The Labute approximate surface area is 139 Å². The van der Waals surface area contributed by atoms with E-state index in [4.69, 9.17) is 4.74 Å². The molecule has 1 aromatic heterocycles. The summed E-state index contributed by atoms with van der Waals surface area (Å²) in [5.74, 6) is 0.635. The first kappa shape index (κ1) is 17.3. The van der Waals surface area contributed by atoms with Crippen LogP contribution in [0.15, 0.2) is 46.3 Å². The summed E-state index contributed by atoms with van der Waals surface area (Å²) in [4.78, 5) is 30.2. The van der Waals surface area contributed by atoms with Crippen LogP contribution in [0.4, 0.5) is 0 Å². The van der Waals surface area contributed by atoms with Gasteiger partial charge in [-0.05, 0) is 19.8 Å². The molecular weight excluding hydrogens is 312 g/mol. The molecule has 23 heavy (non-hydrogen) atoms. The van der Waals surface area contributed by atoms with Crippen LogP contribution in [-0.4, -0.2) is 28.3 Å². The molecule has 0 aliphatic carbocycles. The summed E-state index contributed by atoms with van der Waals surface area (Å²) >= 11 is 1.49. The number of carbonyl (C=O) groups excluding carboxylic acids is 1. The first-order valence-electron chi connectivity index (χ1n) is 7.64. The third-order valence-corrected chi connectivity index (χ3v) is 4.07. The molecule has 1 aromatic carbocycles. The number of H-pyrrole nitrogens is 1. The predicted molar refractivity (Wildman–Crippen MR) is 91.5 cm³/mol. The van der Waals surface area contributed by atoms with Crippen LogP contribution in [0.2, 0.25) is 0 Å². The number of hydrogen-bond donors (Lipinski definition) is 1. The van der Waals surface area contributed by atoms with E-state index in [0.29, 0.717) is 23.9 Å². The zero-order valence-corrected chi connectivity index (χ0v) is 13.9. The van der Waals surface area contributed by atoms with Crippen molar-refractivity contribution >= 4 is 17.7 Å². The minimum atomic E-state index is -0.159. The quantitative estimate of drug-likeness (QED) is 0.348. The molecule has 0 aliphatic heterocycles. The minimum Gasteiger partial charge on any atom is -0.466 e. The molecule has 1 N–H and O–H groups in total. The summed E-state index contributed by atoms with van der Waals surface area (Å²) in [7, 11) is 0. The number of benzene rings is 1. The summed E-state index contributed by atoms with van der Waals surface area (Å²) < 4.78 is 4.88. The smallest absolute Gasteiger partial charge is 0.305 e. The van der Waals surface area contributed by atoms with Crippen LogP contribution in [0.1, 0.15) is 26.2 Å². The zero-order chi connectivity index (χ0) is 16.5. The Bertz CT molecular complexity index is 686. The maximum Gasteiger partial charge on any atom is 0.305 e. The van der Waals surface area contributed by atoms with Crippen LogP contribution >= 0.6 is 11.8 Å². The summed E-state index contributed by atoms with van der Waals surface area (Å²) in [6.07, 6.45) is 2.07. The molecule has 6 heteroatoms. The SMILES string of the molecule is CCOC(=O)CCCCSc1nc(-c2ccccc2)cc(=O)[nH]1. The van der Waals surface area contributed by atoms with E-state index in [9.17, 15) is 9.59 Å². The average Bonchev–Trinajstić information content (AvgIpc) is 2.55. The molecule has 0 saturated carbocycles. The number of unbranched alkanes of at least 4 members (excludes halogenated alkanes) is 1. The third kappa shape index (κ3) is 5.90. The van der Waals surface area contributed by atoms with Crippen molar-refractivity contribution in [2.45, 2.75) is 31.3 Å². The first-order chi connectivity index (χ1) is 11.2. The number of aromatic amines is 1. The van der Waals surface area contributed by atoms with E-state index >= 15 is 0 Å². The highest BCUT2D eigenvalue weighted by Crippen LogP contribution is 2.19. The first-order valence-corrected chi connectivity index (χ1v) is 8.63. The largest absolute Gasteiger partial charge is 0.466 e. The van der Waals surface area contributed by atoms with E-state index in [1.165, 1.54) is 17.8 Å². The molecule has 0 spiro atoms. The molecular formula is C17H20N2O3S. The number of nitrogens with one attached hydrogen (secondary N) is 1. The summed E-state index contributed by atoms with van der Waals surface area (Å²) in [5, 5.41) is 0.604. The van der Waals surface area contributed by atoms with Gasteiger partial charge in [0.05, 0.1) is 12.3 Å². The van der Waals surface area contributed by atoms with Gasteiger partial charge in [-0.3, -0.25) is 9.59 Å².